The molecule has 0 bridgehead atoms. The lowest BCUT2D eigenvalue weighted by Crippen LogP contribution is -1.85. The van der Waals surface area contributed by atoms with Crippen molar-refractivity contribution in [3.8, 4) is 0 Å². The highest BCUT2D eigenvalue weighted by Gasteiger charge is 1.84. The number of aliphatic hydroxyl groups excluding tert-OH is 2. The van der Waals surface area contributed by atoms with E-state index in [-0.39, 0.29) is 13.2 Å². The summed E-state index contributed by atoms with van der Waals surface area (Å²) in [6.45, 7) is 18.6. The van der Waals surface area contributed by atoms with Gasteiger partial charge in [-0.05, 0) is 12.8 Å². The van der Waals surface area contributed by atoms with E-state index in [1.807, 2.05) is 0 Å². The van der Waals surface area contributed by atoms with Crippen molar-refractivity contribution in [1.29, 1.82) is 0 Å². The summed E-state index contributed by atoms with van der Waals surface area (Å²) in [5, 5.41) is 16.6. The Morgan fingerprint density at radius 2 is 0.714 bits per heavy atom. The molecular formula is C12H26O2. The van der Waals surface area contributed by atoms with Gasteiger partial charge in [0.05, 0.1) is 0 Å². The molecule has 0 aliphatic carbocycles. The van der Waals surface area contributed by atoms with E-state index in [9.17, 15) is 0 Å². The van der Waals surface area contributed by atoms with E-state index in [1.165, 1.54) is 0 Å². The lowest BCUT2D eigenvalue weighted by molar-refractivity contribution is 0.265. The second-order valence-electron chi connectivity index (χ2n) is 1.86. The zero-order chi connectivity index (χ0) is 12.2. The third-order valence-corrected chi connectivity index (χ3v) is 1.07. The van der Waals surface area contributed by atoms with Crippen LogP contribution in [0, 0.1) is 0 Å². The van der Waals surface area contributed by atoms with Crippen LogP contribution in [0.3, 0.4) is 0 Å². The number of aliphatic hydroxyl groups is 2. The van der Waals surface area contributed by atoms with Gasteiger partial charge in [0, 0.05) is 13.2 Å². The molecule has 0 radical (unpaired) electrons. The van der Waals surface area contributed by atoms with Crippen LogP contribution >= 0.6 is 0 Å². The second kappa shape index (κ2) is 57.0. The zero-order valence-corrected chi connectivity index (χ0v) is 9.38. The maximum Gasteiger partial charge on any atom is 0.0431 e. The highest BCUT2D eigenvalue weighted by molar-refractivity contribution is 4.39. The number of rotatable bonds is 5. The van der Waals surface area contributed by atoms with Crippen molar-refractivity contribution in [2.75, 3.05) is 13.2 Å². The van der Waals surface area contributed by atoms with Gasteiger partial charge in [0.1, 0.15) is 0 Å². The van der Waals surface area contributed by atoms with E-state index in [0.717, 1.165) is 25.7 Å². The van der Waals surface area contributed by atoms with Gasteiger partial charge < -0.3 is 10.2 Å². The van der Waals surface area contributed by atoms with Gasteiger partial charge in [-0.25, -0.2) is 0 Å². The average molecular weight is 202 g/mol. The van der Waals surface area contributed by atoms with Gasteiger partial charge in [-0.2, -0.15) is 0 Å². The molecule has 2 nitrogen and oxygen atoms in total. The Kier molecular flexibility index (Phi) is 94.4. The highest BCUT2D eigenvalue weighted by Crippen LogP contribution is 1.96. The Balaban J connectivity index is -0.0000000708. The van der Waals surface area contributed by atoms with Crippen LogP contribution in [0.15, 0.2) is 39.5 Å². The molecular weight excluding hydrogens is 176 g/mol. The van der Waals surface area contributed by atoms with Crippen molar-refractivity contribution in [3.05, 3.63) is 39.5 Å². The second-order valence-corrected chi connectivity index (χ2v) is 1.86. The summed E-state index contributed by atoms with van der Waals surface area (Å²) in [5.41, 5.74) is 0. The van der Waals surface area contributed by atoms with Gasteiger partial charge in [-0.3, -0.25) is 0 Å². The monoisotopic (exact) mass is 202 g/mol. The first-order chi connectivity index (χ1) is 6.91. The first kappa shape index (κ1) is 23.2. The summed E-state index contributed by atoms with van der Waals surface area (Å²) in [6.07, 6.45) is 3.83. The molecule has 0 heterocycles. The maximum absolute atomic E-state index is 8.30. The molecule has 86 valence electrons. The number of unbranched alkanes of at least 4 members (excludes halogenated alkanes) is 3. The molecule has 0 saturated carbocycles. The van der Waals surface area contributed by atoms with Crippen LogP contribution in [0.1, 0.15) is 25.7 Å². The molecule has 0 saturated heterocycles. The molecule has 2 heteroatoms. The molecule has 0 aromatic carbocycles. The minimum Gasteiger partial charge on any atom is -0.396 e. The van der Waals surface area contributed by atoms with Crippen LogP contribution < -0.4 is 0 Å². The van der Waals surface area contributed by atoms with Crippen molar-refractivity contribution in [3.63, 3.8) is 0 Å². The quantitative estimate of drug-likeness (QED) is 0.531. The molecule has 0 aromatic rings. The fourth-order valence-electron chi connectivity index (χ4n) is 0.577. The minimum absolute atomic E-state index is 0.283. The molecule has 2 N–H and O–H groups in total. The Morgan fingerprint density at radius 1 is 0.500 bits per heavy atom. The third kappa shape index (κ3) is 66.8. The Labute approximate surface area is 89.3 Å². The summed E-state index contributed by atoms with van der Waals surface area (Å²) in [5.74, 6) is 0. The Bertz CT molecular complexity index is 54.6. The van der Waals surface area contributed by atoms with Crippen LogP contribution in [0.2, 0.25) is 0 Å². The van der Waals surface area contributed by atoms with Crippen molar-refractivity contribution in [2.45, 2.75) is 25.7 Å². The van der Waals surface area contributed by atoms with Gasteiger partial charge in [0.2, 0.25) is 0 Å². The van der Waals surface area contributed by atoms with E-state index >= 15 is 0 Å². The fraction of sp³-hybridized carbons (Fsp3) is 0.500. The molecule has 0 spiro atoms. The fourth-order valence-corrected chi connectivity index (χ4v) is 0.577. The zero-order valence-electron chi connectivity index (χ0n) is 9.38. The SMILES string of the molecule is C=C.C=C.C=C.OCCCCCCO. The minimum atomic E-state index is 0.283. The lowest BCUT2D eigenvalue weighted by atomic mass is 10.2. The number of hydrogen-bond donors (Lipinski definition) is 2. The van der Waals surface area contributed by atoms with Crippen LogP contribution in [-0.4, -0.2) is 23.4 Å². The average Bonchev–Trinajstić information content (AvgIpc) is 2.33. The molecule has 0 fully saturated rings. The van der Waals surface area contributed by atoms with Gasteiger partial charge in [0.15, 0.2) is 0 Å². The van der Waals surface area contributed by atoms with Crippen molar-refractivity contribution < 1.29 is 10.2 Å². The summed E-state index contributed by atoms with van der Waals surface area (Å²) in [4.78, 5) is 0. The molecule has 0 rings (SSSR count). The lowest BCUT2D eigenvalue weighted by Gasteiger charge is -1.93. The van der Waals surface area contributed by atoms with Gasteiger partial charge in [0.25, 0.3) is 0 Å². The van der Waals surface area contributed by atoms with Crippen LogP contribution in [0.5, 0.6) is 0 Å². The van der Waals surface area contributed by atoms with Gasteiger partial charge in [-0.1, -0.05) is 12.8 Å². The van der Waals surface area contributed by atoms with E-state index in [0.29, 0.717) is 0 Å². The summed E-state index contributed by atoms with van der Waals surface area (Å²) < 4.78 is 0. The smallest absolute Gasteiger partial charge is 0.0431 e. The Morgan fingerprint density at radius 3 is 0.857 bits per heavy atom. The van der Waals surface area contributed by atoms with Gasteiger partial charge >= 0.3 is 0 Å². The van der Waals surface area contributed by atoms with Crippen molar-refractivity contribution in [2.24, 2.45) is 0 Å². The number of hydrogen-bond acceptors (Lipinski definition) is 2. The van der Waals surface area contributed by atoms with Crippen LogP contribution in [0.25, 0.3) is 0 Å². The Hall–Kier alpha value is -0.860. The van der Waals surface area contributed by atoms with Crippen LogP contribution in [-0.2, 0) is 0 Å². The van der Waals surface area contributed by atoms with E-state index in [1.54, 1.807) is 0 Å². The summed E-state index contributed by atoms with van der Waals surface area (Å²) in [7, 11) is 0. The standard InChI is InChI=1S/C6H14O2.3C2H4/c7-5-3-1-2-4-6-8;3*1-2/h7-8H,1-6H2;3*1-2H2. The topological polar surface area (TPSA) is 40.5 Å². The van der Waals surface area contributed by atoms with E-state index < -0.39 is 0 Å². The summed E-state index contributed by atoms with van der Waals surface area (Å²) >= 11 is 0. The normalized spacial score (nSPS) is 6.43. The largest absolute Gasteiger partial charge is 0.396 e. The van der Waals surface area contributed by atoms with E-state index in [4.69, 9.17) is 10.2 Å². The molecule has 0 aliphatic rings. The third-order valence-electron chi connectivity index (χ3n) is 1.07. The van der Waals surface area contributed by atoms with Gasteiger partial charge in [-0.15, -0.1) is 39.5 Å². The summed E-state index contributed by atoms with van der Waals surface area (Å²) in [6, 6.07) is 0. The first-order valence-electron chi connectivity index (χ1n) is 4.63. The molecule has 0 atom stereocenters. The molecule has 0 amide bonds. The van der Waals surface area contributed by atoms with Crippen molar-refractivity contribution in [1.82, 2.24) is 0 Å². The predicted molar refractivity (Wildman–Crippen MR) is 66.4 cm³/mol. The molecule has 0 unspecified atom stereocenters. The predicted octanol–water partition coefficient (Wildman–Crippen LogP) is 2.94. The first-order valence-corrected chi connectivity index (χ1v) is 4.63. The molecule has 14 heavy (non-hydrogen) atoms. The maximum atomic E-state index is 8.30. The molecule has 0 aromatic heterocycles. The van der Waals surface area contributed by atoms with Crippen molar-refractivity contribution >= 4 is 0 Å². The van der Waals surface area contributed by atoms with E-state index in [2.05, 4.69) is 39.5 Å². The van der Waals surface area contributed by atoms with Crippen LogP contribution in [0.4, 0.5) is 0 Å². The highest BCUT2D eigenvalue weighted by atomic mass is 16.3. The molecule has 0 aliphatic heterocycles.